The highest BCUT2D eigenvalue weighted by molar-refractivity contribution is 5.78. The molecule has 4 heteroatoms. The average molecular weight is 222 g/mol. The predicted octanol–water partition coefficient (Wildman–Crippen LogP) is 1.94. The van der Waals surface area contributed by atoms with Crippen molar-refractivity contribution in [2.24, 2.45) is 0 Å². The van der Waals surface area contributed by atoms with Crippen molar-refractivity contribution in [3.05, 3.63) is 35.4 Å². The van der Waals surface area contributed by atoms with Crippen LogP contribution in [0.15, 0.2) is 24.3 Å². The van der Waals surface area contributed by atoms with Crippen LogP contribution < -0.4 is 0 Å². The lowest BCUT2D eigenvalue weighted by Crippen LogP contribution is -2.17. The Morgan fingerprint density at radius 3 is 2.62 bits per heavy atom. The van der Waals surface area contributed by atoms with Crippen molar-refractivity contribution in [1.82, 2.24) is 0 Å². The summed E-state index contributed by atoms with van der Waals surface area (Å²) in [5.74, 6) is -1.77. The van der Waals surface area contributed by atoms with Crippen molar-refractivity contribution in [2.75, 3.05) is 0 Å². The van der Waals surface area contributed by atoms with Gasteiger partial charge in [0.05, 0.1) is 0 Å². The third-order valence-corrected chi connectivity index (χ3v) is 2.17. The molecule has 0 amide bonds. The molecule has 0 bridgehead atoms. The highest BCUT2D eigenvalue weighted by Gasteiger charge is 2.22. The van der Waals surface area contributed by atoms with Gasteiger partial charge < -0.3 is 9.84 Å². The number of hydrogen-bond acceptors (Lipinski definition) is 3. The highest BCUT2D eigenvalue weighted by Crippen LogP contribution is 2.19. The fourth-order valence-corrected chi connectivity index (χ4v) is 1.40. The van der Waals surface area contributed by atoms with E-state index in [2.05, 4.69) is 0 Å². The zero-order valence-corrected chi connectivity index (χ0v) is 9.27. The molecule has 1 rings (SSSR count). The molecule has 4 nitrogen and oxygen atoms in total. The molecule has 0 aliphatic carbocycles. The Morgan fingerprint density at radius 2 is 2.12 bits per heavy atom. The molecule has 0 spiro atoms. The van der Waals surface area contributed by atoms with E-state index in [0.717, 1.165) is 12.0 Å². The molecule has 1 unspecified atom stereocenters. The minimum Gasteiger partial charge on any atom is -0.478 e. The molecular formula is C12H14O4. The fraction of sp³-hybridized carbons (Fsp3) is 0.333. The van der Waals surface area contributed by atoms with E-state index in [9.17, 15) is 9.59 Å². The summed E-state index contributed by atoms with van der Waals surface area (Å²) in [5, 5.41) is 8.96. The number of benzene rings is 1. The van der Waals surface area contributed by atoms with Crippen LogP contribution in [0.5, 0.6) is 0 Å². The van der Waals surface area contributed by atoms with Gasteiger partial charge in [-0.1, -0.05) is 31.2 Å². The molecule has 16 heavy (non-hydrogen) atoms. The minimum atomic E-state index is -1.22. The zero-order valence-electron chi connectivity index (χ0n) is 9.27. The smallest absolute Gasteiger partial charge is 0.349 e. The van der Waals surface area contributed by atoms with Gasteiger partial charge in [-0.3, -0.25) is 4.79 Å². The van der Waals surface area contributed by atoms with E-state index in [4.69, 9.17) is 9.84 Å². The van der Waals surface area contributed by atoms with Gasteiger partial charge in [0.1, 0.15) is 0 Å². The van der Waals surface area contributed by atoms with Crippen molar-refractivity contribution in [3.8, 4) is 0 Å². The zero-order chi connectivity index (χ0) is 12.1. The number of esters is 1. The van der Waals surface area contributed by atoms with Gasteiger partial charge in [-0.2, -0.15) is 0 Å². The number of carboxylic acid groups (broad SMARTS) is 1. The van der Waals surface area contributed by atoms with E-state index in [1.807, 2.05) is 13.0 Å². The molecule has 0 aliphatic heterocycles. The third-order valence-electron chi connectivity index (χ3n) is 2.17. The average Bonchev–Trinajstić information content (AvgIpc) is 2.25. The van der Waals surface area contributed by atoms with Gasteiger partial charge in [0.25, 0.3) is 0 Å². The molecule has 0 radical (unpaired) electrons. The summed E-state index contributed by atoms with van der Waals surface area (Å²) in [4.78, 5) is 21.8. The van der Waals surface area contributed by atoms with Crippen molar-refractivity contribution in [2.45, 2.75) is 26.4 Å². The van der Waals surface area contributed by atoms with E-state index in [1.165, 1.54) is 6.92 Å². The van der Waals surface area contributed by atoms with Crippen LogP contribution in [0.4, 0.5) is 0 Å². The lowest BCUT2D eigenvalue weighted by molar-refractivity contribution is -0.163. The molecule has 1 aromatic carbocycles. The quantitative estimate of drug-likeness (QED) is 0.791. The fourth-order valence-electron chi connectivity index (χ4n) is 1.40. The van der Waals surface area contributed by atoms with E-state index in [-0.39, 0.29) is 0 Å². The first-order valence-corrected chi connectivity index (χ1v) is 5.03. The molecule has 0 aliphatic rings. The maximum Gasteiger partial charge on any atom is 0.349 e. The highest BCUT2D eigenvalue weighted by atomic mass is 16.6. The van der Waals surface area contributed by atoms with Crippen molar-refractivity contribution < 1.29 is 19.4 Å². The van der Waals surface area contributed by atoms with Crippen LogP contribution in [0.2, 0.25) is 0 Å². The first kappa shape index (κ1) is 12.2. The Bertz CT molecular complexity index is 398. The normalized spacial score (nSPS) is 11.9. The largest absolute Gasteiger partial charge is 0.478 e. The van der Waals surface area contributed by atoms with Crippen molar-refractivity contribution in [1.29, 1.82) is 0 Å². The van der Waals surface area contributed by atoms with Crippen LogP contribution >= 0.6 is 0 Å². The maximum atomic E-state index is 11.0. The van der Waals surface area contributed by atoms with Crippen molar-refractivity contribution >= 4 is 11.9 Å². The second-order valence-electron chi connectivity index (χ2n) is 3.43. The number of aliphatic carboxylic acids is 1. The molecule has 0 aromatic heterocycles. The third kappa shape index (κ3) is 3.08. The summed E-state index contributed by atoms with van der Waals surface area (Å²) in [5.41, 5.74) is 1.50. The Hall–Kier alpha value is -1.84. The SMILES string of the molecule is CCc1cccc(C(OC(C)=O)C(=O)O)c1. The van der Waals surface area contributed by atoms with Crippen LogP contribution in [-0.2, 0) is 20.7 Å². The number of carbonyl (C=O) groups is 2. The Morgan fingerprint density at radius 1 is 1.44 bits per heavy atom. The summed E-state index contributed by atoms with van der Waals surface area (Å²) in [6.07, 6.45) is -0.413. The van der Waals surface area contributed by atoms with Gasteiger partial charge in [-0.15, -0.1) is 0 Å². The number of carboxylic acids is 1. The number of carbonyl (C=O) groups excluding carboxylic acids is 1. The Labute approximate surface area is 93.9 Å². The molecule has 1 N–H and O–H groups in total. The van der Waals surface area contributed by atoms with E-state index in [0.29, 0.717) is 5.56 Å². The minimum absolute atomic E-state index is 0.488. The predicted molar refractivity (Wildman–Crippen MR) is 58.0 cm³/mol. The first-order chi connectivity index (χ1) is 7.54. The number of hydrogen-bond donors (Lipinski definition) is 1. The Balaban J connectivity index is 3.00. The van der Waals surface area contributed by atoms with E-state index < -0.39 is 18.0 Å². The molecular weight excluding hydrogens is 208 g/mol. The van der Waals surface area contributed by atoms with Gasteiger partial charge >= 0.3 is 11.9 Å². The number of aryl methyl sites for hydroxylation is 1. The van der Waals surface area contributed by atoms with Crippen LogP contribution in [0, 0.1) is 0 Å². The van der Waals surface area contributed by atoms with Crippen LogP contribution in [0.3, 0.4) is 0 Å². The standard InChI is InChI=1S/C12H14O4/c1-3-9-5-4-6-10(7-9)11(12(14)15)16-8(2)13/h4-7,11H,3H2,1-2H3,(H,14,15). The van der Waals surface area contributed by atoms with Gasteiger partial charge in [-0.05, 0) is 12.0 Å². The molecule has 1 atom stereocenters. The lowest BCUT2D eigenvalue weighted by atomic mass is 10.0. The number of rotatable bonds is 4. The second-order valence-corrected chi connectivity index (χ2v) is 3.43. The number of ether oxygens (including phenoxy) is 1. The summed E-state index contributed by atoms with van der Waals surface area (Å²) in [6, 6.07) is 7.03. The van der Waals surface area contributed by atoms with Gasteiger partial charge in [0.15, 0.2) is 0 Å². The van der Waals surface area contributed by atoms with Crippen LogP contribution in [-0.4, -0.2) is 17.0 Å². The summed E-state index contributed by atoms with van der Waals surface area (Å²) >= 11 is 0. The molecule has 0 heterocycles. The van der Waals surface area contributed by atoms with E-state index >= 15 is 0 Å². The van der Waals surface area contributed by atoms with Gasteiger partial charge in [0, 0.05) is 12.5 Å². The maximum absolute atomic E-state index is 11.0. The lowest BCUT2D eigenvalue weighted by Gasteiger charge is -2.13. The molecule has 86 valence electrons. The second kappa shape index (κ2) is 5.30. The summed E-state index contributed by atoms with van der Waals surface area (Å²) in [7, 11) is 0. The topological polar surface area (TPSA) is 63.6 Å². The monoisotopic (exact) mass is 222 g/mol. The van der Waals surface area contributed by atoms with Gasteiger partial charge in [-0.25, -0.2) is 4.79 Å². The van der Waals surface area contributed by atoms with Gasteiger partial charge in [0.2, 0.25) is 6.10 Å². The molecule has 0 saturated heterocycles. The van der Waals surface area contributed by atoms with Crippen LogP contribution in [0.25, 0.3) is 0 Å². The van der Waals surface area contributed by atoms with Crippen molar-refractivity contribution in [3.63, 3.8) is 0 Å². The van der Waals surface area contributed by atoms with Crippen LogP contribution in [0.1, 0.15) is 31.1 Å². The van der Waals surface area contributed by atoms with E-state index in [1.54, 1.807) is 18.2 Å². The molecule has 0 saturated carbocycles. The first-order valence-electron chi connectivity index (χ1n) is 5.03. The molecule has 1 aromatic rings. The summed E-state index contributed by atoms with van der Waals surface area (Å²) < 4.78 is 4.76. The molecule has 0 fully saturated rings. The Kier molecular flexibility index (Phi) is 4.05. The summed E-state index contributed by atoms with van der Waals surface area (Å²) in [6.45, 7) is 3.17.